The molecular formula is C11H20F3N3O. The maximum atomic E-state index is 12.4. The maximum Gasteiger partial charge on any atom is 0.391 e. The van der Waals surface area contributed by atoms with Crippen molar-refractivity contribution < 1.29 is 18.0 Å². The van der Waals surface area contributed by atoms with E-state index in [-0.39, 0.29) is 18.7 Å². The van der Waals surface area contributed by atoms with Gasteiger partial charge in [0, 0.05) is 6.42 Å². The monoisotopic (exact) mass is 267 g/mol. The van der Waals surface area contributed by atoms with Gasteiger partial charge in [-0.2, -0.15) is 13.2 Å². The highest BCUT2D eigenvalue weighted by Crippen LogP contribution is 2.34. The van der Waals surface area contributed by atoms with E-state index in [1.54, 1.807) is 0 Å². The van der Waals surface area contributed by atoms with E-state index in [2.05, 4.69) is 0 Å². The van der Waals surface area contributed by atoms with Gasteiger partial charge in [0.25, 0.3) is 0 Å². The number of carbonyl (C=O) groups excluding carboxylic acids is 1. The smallest absolute Gasteiger partial charge is 0.303 e. The zero-order valence-electron chi connectivity index (χ0n) is 10.3. The van der Waals surface area contributed by atoms with Crippen molar-refractivity contribution in [2.45, 2.75) is 38.3 Å². The SMILES string of the molecule is NNC(=O)CCCCN1CCC(C(F)(F)F)CC1. The highest BCUT2D eigenvalue weighted by Gasteiger charge is 2.40. The van der Waals surface area contributed by atoms with Gasteiger partial charge in [0.15, 0.2) is 0 Å². The summed E-state index contributed by atoms with van der Waals surface area (Å²) in [5, 5.41) is 0. The normalized spacial score (nSPS) is 18.9. The molecule has 0 atom stereocenters. The summed E-state index contributed by atoms with van der Waals surface area (Å²) in [6.07, 6.45) is -1.78. The Labute approximate surface area is 105 Å². The van der Waals surface area contributed by atoms with Crippen molar-refractivity contribution >= 4 is 5.91 Å². The van der Waals surface area contributed by atoms with Crippen molar-refractivity contribution in [3.8, 4) is 0 Å². The molecule has 0 radical (unpaired) electrons. The van der Waals surface area contributed by atoms with Gasteiger partial charge in [0.2, 0.25) is 5.91 Å². The Morgan fingerprint density at radius 2 is 1.89 bits per heavy atom. The van der Waals surface area contributed by atoms with E-state index in [1.165, 1.54) is 0 Å². The Balaban J connectivity index is 2.11. The number of likely N-dealkylation sites (tertiary alicyclic amines) is 1. The molecule has 0 saturated carbocycles. The molecule has 18 heavy (non-hydrogen) atoms. The Bertz CT molecular complexity index is 263. The molecule has 0 bridgehead atoms. The largest absolute Gasteiger partial charge is 0.391 e. The van der Waals surface area contributed by atoms with Gasteiger partial charge in [-0.15, -0.1) is 0 Å². The van der Waals surface area contributed by atoms with E-state index in [4.69, 9.17) is 5.84 Å². The molecule has 0 spiro atoms. The van der Waals surface area contributed by atoms with E-state index in [1.807, 2.05) is 10.3 Å². The van der Waals surface area contributed by atoms with E-state index in [0.717, 1.165) is 13.0 Å². The van der Waals surface area contributed by atoms with Crippen molar-refractivity contribution in [1.29, 1.82) is 0 Å². The zero-order valence-corrected chi connectivity index (χ0v) is 10.3. The minimum Gasteiger partial charge on any atom is -0.303 e. The van der Waals surface area contributed by atoms with Gasteiger partial charge >= 0.3 is 6.18 Å². The molecule has 0 unspecified atom stereocenters. The lowest BCUT2D eigenvalue weighted by molar-refractivity contribution is -0.185. The number of hydrazine groups is 1. The molecule has 1 fully saturated rings. The second kappa shape index (κ2) is 6.94. The van der Waals surface area contributed by atoms with Gasteiger partial charge in [-0.25, -0.2) is 5.84 Å². The molecule has 1 aliphatic rings. The minimum atomic E-state index is -4.05. The van der Waals surface area contributed by atoms with Gasteiger partial charge < -0.3 is 4.90 Å². The highest BCUT2D eigenvalue weighted by atomic mass is 19.4. The standard InChI is InChI=1S/C11H20F3N3O/c12-11(13,14)9-4-7-17(8-5-9)6-2-1-3-10(18)16-15/h9H,1-8,15H2,(H,16,18). The first-order valence-electron chi connectivity index (χ1n) is 6.22. The maximum absolute atomic E-state index is 12.4. The van der Waals surface area contributed by atoms with Crippen LogP contribution in [0.25, 0.3) is 0 Å². The number of carbonyl (C=O) groups is 1. The molecule has 3 N–H and O–H groups in total. The van der Waals surface area contributed by atoms with Crippen LogP contribution in [0.2, 0.25) is 0 Å². The number of rotatable bonds is 5. The lowest BCUT2D eigenvalue weighted by Crippen LogP contribution is -2.39. The van der Waals surface area contributed by atoms with Crippen molar-refractivity contribution in [3.63, 3.8) is 0 Å². The third kappa shape index (κ3) is 5.22. The zero-order chi connectivity index (χ0) is 13.6. The molecular weight excluding hydrogens is 247 g/mol. The second-order valence-corrected chi connectivity index (χ2v) is 4.68. The van der Waals surface area contributed by atoms with Crippen LogP contribution in [-0.4, -0.2) is 36.6 Å². The Morgan fingerprint density at radius 3 is 2.39 bits per heavy atom. The minimum absolute atomic E-state index is 0.187. The molecule has 0 aromatic rings. The van der Waals surface area contributed by atoms with E-state index in [0.29, 0.717) is 25.9 Å². The summed E-state index contributed by atoms with van der Waals surface area (Å²) in [5.74, 6) is 3.59. The summed E-state index contributed by atoms with van der Waals surface area (Å²) < 4.78 is 37.3. The summed E-state index contributed by atoms with van der Waals surface area (Å²) in [4.78, 5) is 12.9. The van der Waals surface area contributed by atoms with Crippen molar-refractivity contribution in [1.82, 2.24) is 10.3 Å². The predicted molar refractivity (Wildman–Crippen MR) is 61.4 cm³/mol. The average molecular weight is 267 g/mol. The molecule has 106 valence electrons. The van der Waals surface area contributed by atoms with Crippen LogP contribution < -0.4 is 11.3 Å². The van der Waals surface area contributed by atoms with Gasteiger partial charge in [-0.05, 0) is 45.3 Å². The lowest BCUT2D eigenvalue weighted by Gasteiger charge is -2.32. The van der Waals surface area contributed by atoms with Crippen molar-refractivity contribution in [2.24, 2.45) is 11.8 Å². The molecule has 1 aliphatic heterocycles. The highest BCUT2D eigenvalue weighted by molar-refractivity contribution is 5.75. The van der Waals surface area contributed by atoms with Gasteiger partial charge in [0.1, 0.15) is 0 Å². The van der Waals surface area contributed by atoms with Crippen LogP contribution in [0.4, 0.5) is 13.2 Å². The fraction of sp³-hybridized carbons (Fsp3) is 0.909. The Morgan fingerprint density at radius 1 is 1.28 bits per heavy atom. The van der Waals surface area contributed by atoms with E-state index < -0.39 is 12.1 Å². The molecule has 1 heterocycles. The number of halogens is 3. The van der Waals surface area contributed by atoms with E-state index in [9.17, 15) is 18.0 Å². The number of hydrogen-bond acceptors (Lipinski definition) is 3. The second-order valence-electron chi connectivity index (χ2n) is 4.68. The predicted octanol–water partition coefficient (Wildman–Crippen LogP) is 1.42. The number of nitrogens with zero attached hydrogens (tertiary/aromatic N) is 1. The summed E-state index contributed by atoms with van der Waals surface area (Å²) >= 11 is 0. The fourth-order valence-electron chi connectivity index (χ4n) is 2.18. The van der Waals surface area contributed by atoms with Crippen molar-refractivity contribution in [2.75, 3.05) is 19.6 Å². The quantitative estimate of drug-likeness (QED) is 0.343. The molecule has 1 saturated heterocycles. The molecule has 7 heteroatoms. The third-order valence-corrected chi connectivity index (χ3v) is 3.34. The average Bonchev–Trinajstić information content (AvgIpc) is 2.33. The van der Waals surface area contributed by atoms with Gasteiger partial charge in [0.05, 0.1) is 5.92 Å². The first kappa shape index (κ1) is 15.2. The van der Waals surface area contributed by atoms with Crippen molar-refractivity contribution in [3.05, 3.63) is 0 Å². The van der Waals surface area contributed by atoms with Crippen LogP contribution in [0.5, 0.6) is 0 Å². The number of nitrogens with two attached hydrogens (primary N) is 1. The molecule has 0 aromatic heterocycles. The van der Waals surface area contributed by atoms with Crippen LogP contribution in [0, 0.1) is 5.92 Å². The van der Waals surface area contributed by atoms with Crippen LogP contribution in [0.3, 0.4) is 0 Å². The molecule has 4 nitrogen and oxygen atoms in total. The summed E-state index contributed by atoms with van der Waals surface area (Å²) in [7, 11) is 0. The molecule has 0 aliphatic carbocycles. The number of hydrogen-bond donors (Lipinski definition) is 2. The number of piperidine rings is 1. The van der Waals surface area contributed by atoms with Crippen LogP contribution in [0.15, 0.2) is 0 Å². The first-order chi connectivity index (χ1) is 8.43. The van der Waals surface area contributed by atoms with Crippen LogP contribution in [-0.2, 0) is 4.79 Å². The first-order valence-corrected chi connectivity index (χ1v) is 6.22. The van der Waals surface area contributed by atoms with E-state index >= 15 is 0 Å². The van der Waals surface area contributed by atoms with Gasteiger partial charge in [-0.3, -0.25) is 10.2 Å². The third-order valence-electron chi connectivity index (χ3n) is 3.34. The van der Waals surface area contributed by atoms with Crippen LogP contribution in [0.1, 0.15) is 32.1 Å². The molecule has 1 rings (SSSR count). The number of unbranched alkanes of at least 4 members (excludes halogenated alkanes) is 1. The summed E-state index contributed by atoms with van der Waals surface area (Å²) in [6, 6.07) is 0. The van der Waals surface area contributed by atoms with Crippen LogP contribution >= 0.6 is 0 Å². The molecule has 0 aromatic carbocycles. The Hall–Kier alpha value is -0.820. The molecule has 1 amide bonds. The number of nitrogens with one attached hydrogen (secondary N) is 1. The summed E-state index contributed by atoms with van der Waals surface area (Å²) in [5.41, 5.74) is 2.05. The number of alkyl halides is 3. The topological polar surface area (TPSA) is 58.4 Å². The van der Waals surface area contributed by atoms with Gasteiger partial charge in [-0.1, -0.05) is 0 Å². The number of amides is 1. The summed E-state index contributed by atoms with van der Waals surface area (Å²) in [6.45, 7) is 1.74. The fourth-order valence-corrected chi connectivity index (χ4v) is 2.18. The Kier molecular flexibility index (Phi) is 5.87. The lowest BCUT2D eigenvalue weighted by atomic mass is 9.96.